The third kappa shape index (κ3) is 2.69. The number of ether oxygens (including phenoxy) is 3. The lowest BCUT2D eigenvalue weighted by Gasteiger charge is -2.37. The summed E-state index contributed by atoms with van der Waals surface area (Å²) in [4.78, 5) is 14.5. The van der Waals surface area contributed by atoms with Crippen LogP contribution < -0.4 is 0 Å². The minimum atomic E-state index is -1.22. The molecule has 2 aromatic carbocycles. The Hall–Kier alpha value is -2.63. The lowest BCUT2D eigenvalue weighted by atomic mass is 9.96. The van der Waals surface area contributed by atoms with Crippen molar-refractivity contribution < 1.29 is 19.0 Å². The molecule has 1 amide bonds. The van der Waals surface area contributed by atoms with Crippen LogP contribution in [0.3, 0.4) is 0 Å². The van der Waals surface area contributed by atoms with Crippen LogP contribution in [0.1, 0.15) is 24.1 Å². The van der Waals surface area contributed by atoms with Gasteiger partial charge >= 0.3 is 6.09 Å². The van der Waals surface area contributed by atoms with Gasteiger partial charge in [-0.25, -0.2) is 4.79 Å². The molecule has 26 heavy (non-hydrogen) atoms. The monoisotopic (exact) mass is 351 g/mol. The van der Waals surface area contributed by atoms with Gasteiger partial charge in [0.2, 0.25) is 6.23 Å². The third-order valence-corrected chi connectivity index (χ3v) is 4.80. The highest BCUT2D eigenvalue weighted by Crippen LogP contribution is 2.43. The number of hydrogen-bond donors (Lipinski definition) is 0. The van der Waals surface area contributed by atoms with Crippen molar-refractivity contribution in [3.8, 4) is 0 Å². The van der Waals surface area contributed by atoms with E-state index in [9.17, 15) is 4.79 Å². The van der Waals surface area contributed by atoms with Crippen LogP contribution in [0.5, 0.6) is 0 Å². The number of methoxy groups -OCH3 is 1. The van der Waals surface area contributed by atoms with Crippen molar-refractivity contribution in [2.75, 3.05) is 13.7 Å². The molecule has 0 spiro atoms. The molecule has 0 aromatic heterocycles. The molecule has 5 heteroatoms. The fourth-order valence-electron chi connectivity index (χ4n) is 3.65. The maximum atomic E-state index is 12.9. The van der Waals surface area contributed by atoms with E-state index in [1.165, 1.54) is 7.11 Å². The Morgan fingerprint density at radius 3 is 2.19 bits per heavy atom. The first-order valence-corrected chi connectivity index (χ1v) is 8.61. The van der Waals surface area contributed by atoms with Crippen molar-refractivity contribution in [3.63, 3.8) is 0 Å². The second-order valence-electron chi connectivity index (χ2n) is 6.58. The zero-order valence-electron chi connectivity index (χ0n) is 14.8. The van der Waals surface area contributed by atoms with E-state index in [1.54, 1.807) is 4.90 Å². The third-order valence-electron chi connectivity index (χ3n) is 4.80. The van der Waals surface area contributed by atoms with Gasteiger partial charge in [-0.3, -0.25) is 4.90 Å². The summed E-state index contributed by atoms with van der Waals surface area (Å²) >= 11 is 0. The van der Waals surface area contributed by atoms with E-state index in [0.717, 1.165) is 16.7 Å². The average Bonchev–Trinajstić information content (AvgIpc) is 2.96. The first-order chi connectivity index (χ1) is 12.6. The summed E-state index contributed by atoms with van der Waals surface area (Å²) in [6, 6.07) is 19.4. The highest BCUT2D eigenvalue weighted by molar-refractivity contribution is 5.73. The Balaban J connectivity index is 1.83. The summed E-state index contributed by atoms with van der Waals surface area (Å²) < 4.78 is 17.3. The molecule has 0 bridgehead atoms. The molecule has 2 aliphatic rings. The number of rotatable bonds is 4. The lowest BCUT2D eigenvalue weighted by molar-refractivity contribution is -0.217. The standard InChI is InChI=1S/C21H21NO4/c1-15-13-21(24-2)19(25-14-15)22(20(23)26-21)18(16-9-5-3-6-10-16)17-11-7-4-8-12-17/h3-13,18-19H,14H2,1-2H3. The van der Waals surface area contributed by atoms with Crippen LogP contribution in [0, 0.1) is 0 Å². The van der Waals surface area contributed by atoms with Gasteiger partial charge in [0.25, 0.3) is 5.79 Å². The van der Waals surface area contributed by atoms with E-state index in [4.69, 9.17) is 14.2 Å². The number of amides is 1. The molecule has 2 atom stereocenters. The number of nitrogens with zero attached hydrogens (tertiary/aromatic N) is 1. The zero-order valence-corrected chi connectivity index (χ0v) is 14.8. The minimum Gasteiger partial charge on any atom is -0.408 e. The molecular formula is C21H21NO4. The van der Waals surface area contributed by atoms with Crippen LogP contribution in [-0.4, -0.2) is 36.7 Å². The lowest BCUT2D eigenvalue weighted by Crippen LogP contribution is -2.51. The van der Waals surface area contributed by atoms with Crippen molar-refractivity contribution in [3.05, 3.63) is 83.4 Å². The molecule has 0 saturated carbocycles. The summed E-state index contributed by atoms with van der Waals surface area (Å²) in [5.41, 5.74) is 2.93. The first kappa shape index (κ1) is 16.8. The number of hydrogen-bond acceptors (Lipinski definition) is 4. The van der Waals surface area contributed by atoms with Crippen molar-refractivity contribution in [2.45, 2.75) is 25.0 Å². The molecule has 2 aliphatic heterocycles. The van der Waals surface area contributed by atoms with Gasteiger partial charge in [-0.1, -0.05) is 60.7 Å². The van der Waals surface area contributed by atoms with E-state index in [0.29, 0.717) is 6.61 Å². The van der Waals surface area contributed by atoms with Gasteiger partial charge in [0.15, 0.2) is 0 Å². The summed E-state index contributed by atoms with van der Waals surface area (Å²) in [5, 5.41) is 0. The Morgan fingerprint density at radius 1 is 1.08 bits per heavy atom. The second-order valence-corrected chi connectivity index (χ2v) is 6.58. The summed E-state index contributed by atoms with van der Waals surface area (Å²) in [6.07, 6.45) is 0.723. The van der Waals surface area contributed by atoms with Gasteiger partial charge in [-0.2, -0.15) is 0 Å². The van der Waals surface area contributed by atoms with E-state index < -0.39 is 18.1 Å². The van der Waals surface area contributed by atoms with Gasteiger partial charge in [-0.05, 0) is 29.7 Å². The van der Waals surface area contributed by atoms with Gasteiger partial charge in [0.05, 0.1) is 12.6 Å². The number of carbonyl (C=O) groups excluding carboxylic acids is 1. The van der Waals surface area contributed by atoms with Crippen LogP contribution in [0.2, 0.25) is 0 Å². The van der Waals surface area contributed by atoms with Crippen LogP contribution in [0.25, 0.3) is 0 Å². The summed E-state index contributed by atoms with van der Waals surface area (Å²) in [5.74, 6) is -1.22. The molecule has 4 rings (SSSR count). The predicted molar refractivity (Wildman–Crippen MR) is 96.3 cm³/mol. The van der Waals surface area contributed by atoms with Crippen molar-refractivity contribution in [1.82, 2.24) is 4.90 Å². The molecule has 2 aromatic rings. The Morgan fingerprint density at radius 2 is 1.65 bits per heavy atom. The van der Waals surface area contributed by atoms with E-state index in [-0.39, 0.29) is 6.04 Å². The largest absolute Gasteiger partial charge is 0.415 e. The number of benzene rings is 2. The molecule has 1 saturated heterocycles. The molecule has 2 unspecified atom stereocenters. The highest BCUT2D eigenvalue weighted by atomic mass is 16.8. The molecule has 0 radical (unpaired) electrons. The highest BCUT2D eigenvalue weighted by Gasteiger charge is 2.58. The normalized spacial score (nSPS) is 25.0. The SMILES string of the molecule is COC12C=C(C)COC1N(C(c1ccccc1)c1ccccc1)C(=O)O2. The van der Waals surface area contributed by atoms with Crippen LogP contribution in [0.15, 0.2) is 72.3 Å². The molecule has 0 aliphatic carbocycles. The minimum absolute atomic E-state index is 0.335. The first-order valence-electron chi connectivity index (χ1n) is 8.61. The number of fused-ring (bicyclic) bond motifs is 1. The van der Waals surface area contributed by atoms with Crippen LogP contribution in [0.4, 0.5) is 4.79 Å². The summed E-state index contributed by atoms with van der Waals surface area (Å²) in [7, 11) is 1.53. The van der Waals surface area contributed by atoms with E-state index >= 15 is 0 Å². The maximum absolute atomic E-state index is 12.9. The van der Waals surface area contributed by atoms with Gasteiger partial charge in [0, 0.05) is 7.11 Å². The molecule has 2 heterocycles. The molecule has 5 nitrogen and oxygen atoms in total. The molecule has 134 valence electrons. The second kappa shape index (κ2) is 6.59. The molecular weight excluding hydrogens is 330 g/mol. The topological polar surface area (TPSA) is 48.0 Å². The fraction of sp³-hybridized carbons (Fsp3) is 0.286. The summed E-state index contributed by atoms with van der Waals surface area (Å²) in [6.45, 7) is 2.36. The van der Waals surface area contributed by atoms with Crippen LogP contribution >= 0.6 is 0 Å². The van der Waals surface area contributed by atoms with Crippen molar-refractivity contribution in [1.29, 1.82) is 0 Å². The average molecular weight is 351 g/mol. The van der Waals surface area contributed by atoms with Gasteiger partial charge < -0.3 is 14.2 Å². The van der Waals surface area contributed by atoms with E-state index in [1.807, 2.05) is 73.7 Å². The quantitative estimate of drug-likeness (QED) is 0.785. The van der Waals surface area contributed by atoms with Crippen LogP contribution in [-0.2, 0) is 14.2 Å². The Kier molecular flexibility index (Phi) is 4.26. The van der Waals surface area contributed by atoms with Crippen molar-refractivity contribution >= 4 is 6.09 Å². The van der Waals surface area contributed by atoms with E-state index in [2.05, 4.69) is 0 Å². The van der Waals surface area contributed by atoms with Gasteiger partial charge in [0.1, 0.15) is 0 Å². The molecule has 1 fully saturated rings. The van der Waals surface area contributed by atoms with Crippen molar-refractivity contribution in [2.24, 2.45) is 0 Å². The smallest absolute Gasteiger partial charge is 0.408 e. The zero-order chi connectivity index (χ0) is 18.1. The molecule has 0 N–H and O–H groups in total. The van der Waals surface area contributed by atoms with Gasteiger partial charge in [-0.15, -0.1) is 0 Å². The Bertz CT molecular complexity index is 781. The fourth-order valence-corrected chi connectivity index (χ4v) is 3.65. The predicted octanol–water partition coefficient (Wildman–Crippen LogP) is 3.87. The Labute approximate surface area is 152 Å². The maximum Gasteiger partial charge on any atom is 0.415 e. The number of carbonyl (C=O) groups is 1.